The molecule has 1 amide bonds. The maximum Gasteiger partial charge on any atom is 0.271 e. The molecule has 1 aliphatic heterocycles. The number of imidazole rings is 1. The van der Waals surface area contributed by atoms with Gasteiger partial charge in [-0.05, 0) is 42.3 Å². The van der Waals surface area contributed by atoms with Crippen LogP contribution in [0.1, 0.15) is 28.4 Å². The molecule has 1 unspecified atom stereocenters. The highest BCUT2D eigenvalue weighted by molar-refractivity contribution is 9.10. The van der Waals surface area contributed by atoms with Crippen molar-refractivity contribution in [2.75, 3.05) is 11.9 Å². The number of hydrogen-bond donors (Lipinski definition) is 1. The molecule has 0 fully saturated rings. The molecule has 1 aromatic heterocycles. The Morgan fingerprint density at radius 3 is 2.41 bits per heavy atom. The Bertz CT molecular complexity index is 1430. The second-order valence-corrected chi connectivity index (χ2v) is 10.6. The third-order valence-corrected chi connectivity index (χ3v) is 7.29. The van der Waals surface area contributed by atoms with Crippen molar-refractivity contribution in [3.63, 3.8) is 0 Å². The normalized spacial score (nSPS) is 15.4. The van der Waals surface area contributed by atoms with Gasteiger partial charge in [-0.1, -0.05) is 80.4 Å². The number of anilines is 1. The fourth-order valence-corrected chi connectivity index (χ4v) is 5.21. The van der Waals surface area contributed by atoms with Crippen LogP contribution in [-0.2, 0) is 11.3 Å². The Morgan fingerprint density at radius 2 is 1.70 bits per heavy atom. The van der Waals surface area contributed by atoms with Gasteiger partial charge in [0.05, 0.1) is 17.9 Å². The van der Waals surface area contributed by atoms with Crippen molar-refractivity contribution in [2.45, 2.75) is 19.0 Å². The van der Waals surface area contributed by atoms with E-state index in [-0.39, 0.29) is 11.7 Å². The Balaban J connectivity index is 1.58. The Hall–Kier alpha value is -3.49. The van der Waals surface area contributed by atoms with E-state index in [1.54, 1.807) is 29.6 Å². The van der Waals surface area contributed by atoms with E-state index in [0.29, 0.717) is 36.3 Å². The second-order valence-electron chi connectivity index (χ2n) is 8.73. The van der Waals surface area contributed by atoms with E-state index in [1.807, 2.05) is 77.5 Å². The lowest BCUT2D eigenvalue weighted by Gasteiger charge is -2.27. The minimum absolute atomic E-state index is 0.170. The summed E-state index contributed by atoms with van der Waals surface area (Å²) < 4.78 is 3.79. The first-order valence-corrected chi connectivity index (χ1v) is 13.5. The average Bonchev–Trinajstić information content (AvgIpc) is 3.52. The van der Waals surface area contributed by atoms with Gasteiger partial charge in [-0.25, -0.2) is 4.98 Å². The second kappa shape index (κ2) is 11.3. The molecule has 0 radical (unpaired) electrons. The summed E-state index contributed by atoms with van der Waals surface area (Å²) in [5.74, 6) is -0.366. The lowest BCUT2D eigenvalue weighted by atomic mass is 9.92. The molecule has 0 spiro atoms. The number of benzene rings is 3. The molecule has 5 rings (SSSR count). The van der Waals surface area contributed by atoms with E-state index in [9.17, 15) is 9.59 Å². The molecule has 1 atom stereocenters. The lowest BCUT2D eigenvalue weighted by molar-refractivity contribution is -0.127. The quantitative estimate of drug-likeness (QED) is 0.214. The zero-order valence-electron chi connectivity index (χ0n) is 19.9. The predicted octanol–water partition coefficient (Wildman–Crippen LogP) is 6.63. The minimum atomic E-state index is -0.522. The van der Waals surface area contributed by atoms with E-state index in [4.69, 9.17) is 0 Å². The fourth-order valence-electron chi connectivity index (χ4n) is 4.55. The number of hydrogen-bond acceptors (Lipinski definition) is 4. The molecule has 8 heteroatoms. The molecular formula is C29H24Br2N4O2. The van der Waals surface area contributed by atoms with Crippen LogP contribution in [0.5, 0.6) is 0 Å². The van der Waals surface area contributed by atoms with Crippen LogP contribution in [0, 0.1) is 0 Å². The highest BCUT2D eigenvalue weighted by Gasteiger charge is 2.43. The third-order valence-electron chi connectivity index (χ3n) is 6.26. The SMILES string of the molecule is O=C(C1=C(Nc2cccc(Br)c2)C(=O)N(CCCn2ccnc2)C1c1ccc(Br)cc1)c1ccccc1. The van der Waals surface area contributed by atoms with Crippen LogP contribution in [0.4, 0.5) is 5.69 Å². The summed E-state index contributed by atoms with van der Waals surface area (Å²) >= 11 is 7.00. The van der Waals surface area contributed by atoms with Gasteiger partial charge in [-0.15, -0.1) is 0 Å². The van der Waals surface area contributed by atoms with Crippen molar-refractivity contribution in [1.29, 1.82) is 0 Å². The first-order valence-electron chi connectivity index (χ1n) is 11.9. The van der Waals surface area contributed by atoms with Gasteiger partial charge in [0.25, 0.3) is 5.91 Å². The van der Waals surface area contributed by atoms with Crippen LogP contribution >= 0.6 is 31.9 Å². The number of Topliss-reactive ketones (excluding diaryl/α,β-unsaturated/α-hetero) is 1. The van der Waals surface area contributed by atoms with Gasteiger partial charge >= 0.3 is 0 Å². The third kappa shape index (κ3) is 5.60. The summed E-state index contributed by atoms with van der Waals surface area (Å²) in [6, 6.07) is 24.0. The van der Waals surface area contributed by atoms with Gasteiger partial charge in [0.1, 0.15) is 5.70 Å². The number of amides is 1. The molecule has 0 bridgehead atoms. The first kappa shape index (κ1) is 25.2. The molecule has 0 saturated heterocycles. The van der Waals surface area contributed by atoms with Crippen molar-refractivity contribution >= 4 is 49.2 Å². The van der Waals surface area contributed by atoms with Crippen LogP contribution in [0.3, 0.4) is 0 Å². The number of carbonyl (C=O) groups excluding carboxylic acids is 2. The predicted molar refractivity (Wildman–Crippen MR) is 151 cm³/mol. The lowest BCUT2D eigenvalue weighted by Crippen LogP contribution is -2.33. The molecular weight excluding hydrogens is 596 g/mol. The molecule has 1 aliphatic rings. The smallest absolute Gasteiger partial charge is 0.271 e. The Morgan fingerprint density at radius 1 is 0.919 bits per heavy atom. The zero-order valence-corrected chi connectivity index (χ0v) is 23.0. The van der Waals surface area contributed by atoms with Gasteiger partial charge in [-0.2, -0.15) is 0 Å². The monoisotopic (exact) mass is 618 g/mol. The highest BCUT2D eigenvalue weighted by atomic mass is 79.9. The van der Waals surface area contributed by atoms with Crippen molar-refractivity contribution in [3.05, 3.63) is 129 Å². The summed E-state index contributed by atoms with van der Waals surface area (Å²) in [4.78, 5) is 33.9. The Kier molecular flexibility index (Phi) is 7.67. The number of nitrogens with one attached hydrogen (secondary N) is 1. The number of halogens is 2. The van der Waals surface area contributed by atoms with E-state index in [2.05, 4.69) is 42.2 Å². The van der Waals surface area contributed by atoms with Crippen molar-refractivity contribution < 1.29 is 9.59 Å². The summed E-state index contributed by atoms with van der Waals surface area (Å²) in [7, 11) is 0. The molecule has 0 saturated carbocycles. The molecule has 2 heterocycles. The molecule has 186 valence electrons. The molecule has 1 N–H and O–H groups in total. The van der Waals surface area contributed by atoms with Crippen LogP contribution in [-0.4, -0.2) is 32.7 Å². The average molecular weight is 620 g/mol. The van der Waals surface area contributed by atoms with E-state index in [1.165, 1.54) is 0 Å². The topological polar surface area (TPSA) is 67.2 Å². The van der Waals surface area contributed by atoms with Crippen LogP contribution in [0.2, 0.25) is 0 Å². The number of ketones is 1. The van der Waals surface area contributed by atoms with Gasteiger partial charge in [0.15, 0.2) is 5.78 Å². The van der Waals surface area contributed by atoms with E-state index < -0.39 is 6.04 Å². The number of aryl methyl sites for hydroxylation is 1. The van der Waals surface area contributed by atoms with Gasteiger partial charge in [0.2, 0.25) is 0 Å². The summed E-state index contributed by atoms with van der Waals surface area (Å²) in [6.07, 6.45) is 6.12. The number of rotatable bonds is 9. The number of aromatic nitrogens is 2. The van der Waals surface area contributed by atoms with Crippen LogP contribution in [0.25, 0.3) is 0 Å². The first-order chi connectivity index (χ1) is 18.0. The maximum absolute atomic E-state index is 14.0. The zero-order chi connectivity index (χ0) is 25.8. The molecule has 0 aliphatic carbocycles. The standard InChI is InChI=1S/C29H24Br2N4O2/c30-22-12-10-20(11-13-22)27-25(28(36)21-6-2-1-3-7-21)26(33-24-9-4-8-23(31)18-24)29(37)35(27)16-5-15-34-17-14-32-19-34/h1-4,6-14,17-19,27,33H,5,15-16H2. The molecule has 3 aromatic carbocycles. The summed E-state index contributed by atoms with van der Waals surface area (Å²) in [5.41, 5.74) is 2.90. The summed E-state index contributed by atoms with van der Waals surface area (Å²) in [6.45, 7) is 1.19. The van der Waals surface area contributed by atoms with Gasteiger partial charge < -0.3 is 14.8 Å². The molecule has 4 aromatic rings. The van der Waals surface area contributed by atoms with Crippen molar-refractivity contribution in [1.82, 2.24) is 14.5 Å². The van der Waals surface area contributed by atoms with Crippen LogP contribution < -0.4 is 5.32 Å². The number of carbonyl (C=O) groups is 2. The largest absolute Gasteiger partial charge is 0.351 e. The highest BCUT2D eigenvalue weighted by Crippen LogP contribution is 2.40. The van der Waals surface area contributed by atoms with Gasteiger partial charge in [0, 0.05) is 45.7 Å². The minimum Gasteiger partial charge on any atom is -0.351 e. The maximum atomic E-state index is 14.0. The number of nitrogens with zero attached hydrogens (tertiary/aromatic N) is 3. The fraction of sp³-hybridized carbons (Fsp3) is 0.138. The van der Waals surface area contributed by atoms with Crippen LogP contribution in [0.15, 0.2) is 118 Å². The van der Waals surface area contributed by atoms with Crippen molar-refractivity contribution in [2.24, 2.45) is 0 Å². The molecule has 37 heavy (non-hydrogen) atoms. The summed E-state index contributed by atoms with van der Waals surface area (Å²) in [5, 5.41) is 3.29. The Labute approximate surface area is 232 Å². The molecule has 6 nitrogen and oxygen atoms in total. The van der Waals surface area contributed by atoms with E-state index >= 15 is 0 Å². The van der Waals surface area contributed by atoms with E-state index in [0.717, 1.165) is 20.2 Å². The van der Waals surface area contributed by atoms with Gasteiger partial charge in [-0.3, -0.25) is 9.59 Å². The van der Waals surface area contributed by atoms with Crippen molar-refractivity contribution in [3.8, 4) is 0 Å².